The summed E-state index contributed by atoms with van der Waals surface area (Å²) in [7, 11) is 0. The Morgan fingerprint density at radius 3 is 2.45 bits per heavy atom. The van der Waals surface area contributed by atoms with Crippen LogP contribution in [0.5, 0.6) is 0 Å². The Kier molecular flexibility index (Phi) is 3.34. The maximum atomic E-state index is 12.8. The highest BCUT2D eigenvalue weighted by atomic mass is 19.4. The van der Waals surface area contributed by atoms with E-state index in [1.54, 1.807) is 4.90 Å². The summed E-state index contributed by atoms with van der Waals surface area (Å²) in [5, 5.41) is 9.70. The second-order valence-electron chi connectivity index (χ2n) is 6.89. The molecule has 3 fully saturated rings. The molecule has 1 N–H and O–H groups in total. The number of nitrogens with zero attached hydrogens (tertiary/aromatic N) is 1. The molecule has 0 amide bonds. The molecule has 1 saturated carbocycles. The van der Waals surface area contributed by atoms with Crippen LogP contribution in [0.1, 0.15) is 39.0 Å². The molecule has 3 rings (SSSR count). The van der Waals surface area contributed by atoms with Crippen molar-refractivity contribution in [1.29, 1.82) is 0 Å². The van der Waals surface area contributed by atoms with Crippen molar-refractivity contribution < 1.29 is 23.0 Å². The molecular weight excluding hydrogens is 271 g/mol. The van der Waals surface area contributed by atoms with Gasteiger partial charge >= 0.3 is 6.18 Å². The molecule has 0 radical (unpaired) electrons. The second kappa shape index (κ2) is 4.58. The first kappa shape index (κ1) is 14.6. The summed E-state index contributed by atoms with van der Waals surface area (Å²) in [6.45, 7) is 1.90. The standard InChI is InChI=1S/C14H22F3NO2/c1-12(19,14(15,16)17)8-18-9-13(5-3-6-13)11(18)10-4-2-7-20-10/h10-11,19H,2-9H2,1H3/t10-,11+,12-/m0/s1. The molecule has 3 nitrogen and oxygen atoms in total. The van der Waals surface area contributed by atoms with Gasteiger partial charge in [0.15, 0.2) is 5.60 Å². The second-order valence-corrected chi connectivity index (χ2v) is 6.89. The molecule has 2 aliphatic heterocycles. The molecule has 0 aromatic heterocycles. The van der Waals surface area contributed by atoms with E-state index in [0.717, 1.165) is 39.0 Å². The highest BCUT2D eigenvalue weighted by molar-refractivity contribution is 5.13. The molecule has 20 heavy (non-hydrogen) atoms. The van der Waals surface area contributed by atoms with E-state index in [1.165, 1.54) is 0 Å². The number of likely N-dealkylation sites (tertiary alicyclic amines) is 1. The van der Waals surface area contributed by atoms with Crippen LogP contribution in [-0.2, 0) is 4.74 Å². The van der Waals surface area contributed by atoms with Gasteiger partial charge in [-0.25, -0.2) is 0 Å². The molecule has 1 spiro atoms. The summed E-state index contributed by atoms with van der Waals surface area (Å²) in [6.07, 6.45) is 0.707. The minimum Gasteiger partial charge on any atom is -0.380 e. The minimum atomic E-state index is -4.59. The fourth-order valence-corrected chi connectivity index (χ4v) is 4.08. The van der Waals surface area contributed by atoms with E-state index in [2.05, 4.69) is 0 Å². The van der Waals surface area contributed by atoms with E-state index in [0.29, 0.717) is 13.2 Å². The minimum absolute atomic E-state index is 0.0492. The molecule has 3 aliphatic rings. The van der Waals surface area contributed by atoms with E-state index in [9.17, 15) is 18.3 Å². The highest BCUT2D eigenvalue weighted by Gasteiger charge is 2.62. The topological polar surface area (TPSA) is 32.7 Å². The van der Waals surface area contributed by atoms with Gasteiger partial charge in [-0.15, -0.1) is 0 Å². The molecule has 0 aromatic carbocycles. The zero-order valence-corrected chi connectivity index (χ0v) is 11.7. The number of hydrogen-bond donors (Lipinski definition) is 1. The summed E-state index contributed by atoms with van der Waals surface area (Å²) in [6, 6.07) is 0.0626. The van der Waals surface area contributed by atoms with Crippen LogP contribution >= 0.6 is 0 Å². The lowest BCUT2D eigenvalue weighted by Crippen LogP contribution is -2.73. The van der Waals surface area contributed by atoms with Gasteiger partial charge in [-0.05, 0) is 32.6 Å². The number of hydrogen-bond acceptors (Lipinski definition) is 3. The van der Waals surface area contributed by atoms with Gasteiger partial charge in [0.2, 0.25) is 0 Å². The zero-order chi connectivity index (χ0) is 14.6. The first-order valence-electron chi connectivity index (χ1n) is 7.40. The molecular formula is C14H22F3NO2. The average molecular weight is 293 g/mol. The van der Waals surface area contributed by atoms with Crippen LogP contribution in [0.15, 0.2) is 0 Å². The fraction of sp³-hybridized carbons (Fsp3) is 1.00. The molecule has 0 unspecified atom stereocenters. The Bertz CT molecular complexity index is 373. The molecule has 3 atom stereocenters. The van der Waals surface area contributed by atoms with E-state index in [1.807, 2.05) is 0 Å². The van der Waals surface area contributed by atoms with Crippen molar-refractivity contribution in [1.82, 2.24) is 4.90 Å². The van der Waals surface area contributed by atoms with E-state index < -0.39 is 11.8 Å². The van der Waals surface area contributed by atoms with Crippen molar-refractivity contribution >= 4 is 0 Å². The average Bonchev–Trinajstić information content (AvgIpc) is 2.72. The predicted octanol–water partition coefficient (Wildman–Crippen LogP) is 2.33. The Labute approximate surface area is 117 Å². The van der Waals surface area contributed by atoms with Gasteiger partial charge in [0.1, 0.15) is 0 Å². The Morgan fingerprint density at radius 1 is 1.30 bits per heavy atom. The summed E-state index contributed by atoms with van der Waals surface area (Å²) in [5.41, 5.74) is -2.48. The van der Waals surface area contributed by atoms with Crippen LogP contribution in [0.25, 0.3) is 0 Å². The van der Waals surface area contributed by atoms with Gasteiger partial charge in [0.25, 0.3) is 0 Å². The lowest BCUT2D eigenvalue weighted by Gasteiger charge is -2.65. The maximum Gasteiger partial charge on any atom is 0.418 e. The van der Waals surface area contributed by atoms with Gasteiger partial charge in [-0.2, -0.15) is 13.2 Å². The molecule has 2 heterocycles. The van der Waals surface area contributed by atoms with Crippen LogP contribution < -0.4 is 0 Å². The smallest absolute Gasteiger partial charge is 0.380 e. The van der Waals surface area contributed by atoms with E-state index in [4.69, 9.17) is 4.74 Å². The number of ether oxygens (including phenoxy) is 1. The monoisotopic (exact) mass is 293 g/mol. The van der Waals surface area contributed by atoms with Gasteiger partial charge < -0.3 is 9.84 Å². The fourth-order valence-electron chi connectivity index (χ4n) is 4.08. The van der Waals surface area contributed by atoms with Crippen LogP contribution in [0, 0.1) is 5.41 Å². The van der Waals surface area contributed by atoms with Crippen molar-refractivity contribution in [3.8, 4) is 0 Å². The van der Waals surface area contributed by atoms with Crippen LogP contribution in [0.3, 0.4) is 0 Å². The molecule has 116 valence electrons. The van der Waals surface area contributed by atoms with Crippen LogP contribution in [-0.4, -0.2) is 53.6 Å². The largest absolute Gasteiger partial charge is 0.418 e. The van der Waals surface area contributed by atoms with Crippen LogP contribution in [0.2, 0.25) is 0 Å². The zero-order valence-electron chi connectivity index (χ0n) is 11.7. The highest BCUT2D eigenvalue weighted by Crippen LogP contribution is 2.56. The van der Waals surface area contributed by atoms with Gasteiger partial charge in [-0.1, -0.05) is 6.42 Å². The quantitative estimate of drug-likeness (QED) is 0.867. The number of rotatable bonds is 3. The number of halogens is 3. The summed E-state index contributed by atoms with van der Waals surface area (Å²) in [4.78, 5) is 1.79. The third kappa shape index (κ3) is 2.16. The van der Waals surface area contributed by atoms with Crippen molar-refractivity contribution in [3.05, 3.63) is 0 Å². The van der Waals surface area contributed by atoms with Gasteiger partial charge in [0, 0.05) is 31.2 Å². The molecule has 0 bridgehead atoms. The molecule has 6 heteroatoms. The van der Waals surface area contributed by atoms with Crippen LogP contribution in [0.4, 0.5) is 13.2 Å². The summed E-state index contributed by atoms with van der Waals surface area (Å²) < 4.78 is 44.2. The van der Waals surface area contributed by atoms with Crippen molar-refractivity contribution in [2.75, 3.05) is 19.7 Å². The number of aliphatic hydroxyl groups is 1. The summed E-state index contributed by atoms with van der Waals surface area (Å²) >= 11 is 0. The predicted molar refractivity (Wildman–Crippen MR) is 67.3 cm³/mol. The van der Waals surface area contributed by atoms with E-state index >= 15 is 0 Å². The third-order valence-corrected chi connectivity index (χ3v) is 5.33. The van der Waals surface area contributed by atoms with Crippen molar-refractivity contribution in [3.63, 3.8) is 0 Å². The Hall–Kier alpha value is -0.330. The number of β-amino-alcohol motifs (C(OH)–C–C–N with tert-alkyl or cyclic N) is 1. The lowest BCUT2D eigenvalue weighted by molar-refractivity contribution is -0.276. The Morgan fingerprint density at radius 2 is 2.00 bits per heavy atom. The lowest BCUT2D eigenvalue weighted by atomic mass is 9.56. The molecule has 2 saturated heterocycles. The first-order chi connectivity index (χ1) is 9.25. The van der Waals surface area contributed by atoms with Gasteiger partial charge in [-0.3, -0.25) is 4.90 Å². The maximum absolute atomic E-state index is 12.8. The van der Waals surface area contributed by atoms with E-state index in [-0.39, 0.29) is 24.1 Å². The SMILES string of the molecule is C[C@](O)(CN1CC2(CCC2)[C@H]1[C@@H]1CCCO1)C(F)(F)F. The van der Waals surface area contributed by atoms with Crippen molar-refractivity contribution in [2.45, 2.75) is 63.0 Å². The first-order valence-corrected chi connectivity index (χ1v) is 7.40. The van der Waals surface area contributed by atoms with Gasteiger partial charge in [0.05, 0.1) is 6.10 Å². The molecule has 0 aromatic rings. The molecule has 1 aliphatic carbocycles. The third-order valence-electron chi connectivity index (χ3n) is 5.33. The number of alkyl halides is 3. The Balaban J connectivity index is 1.70. The normalized spacial score (nSPS) is 36.5. The van der Waals surface area contributed by atoms with Crippen molar-refractivity contribution in [2.24, 2.45) is 5.41 Å². The summed E-state index contributed by atoms with van der Waals surface area (Å²) in [5.74, 6) is 0.